The fraction of sp³-hybridized carbons (Fsp3) is 0.207. The van der Waals surface area contributed by atoms with Crippen molar-refractivity contribution in [2.24, 2.45) is 4.99 Å². The standard InChI is InChI=1S/C29H25BrN2O5S/c1-5-36-28(34)25-17(3)31-29-32(26(25)18-7-9-19(35-4)10-8-18)27(33)24(38-29)15-20-11-13-23(37-20)21-12-6-16(2)14-22(21)30/h6-15,26H,5H2,1-4H3/b24-15+/t26-/m1/s1. The Morgan fingerprint density at radius 1 is 1.16 bits per heavy atom. The number of hydrogen-bond donors (Lipinski definition) is 0. The summed E-state index contributed by atoms with van der Waals surface area (Å²) in [5.74, 6) is 1.41. The van der Waals surface area contributed by atoms with Crippen LogP contribution >= 0.6 is 27.3 Å². The lowest BCUT2D eigenvalue weighted by molar-refractivity contribution is -0.139. The first-order valence-corrected chi connectivity index (χ1v) is 13.6. The minimum atomic E-state index is -0.686. The van der Waals surface area contributed by atoms with E-state index in [9.17, 15) is 9.59 Å². The van der Waals surface area contributed by atoms with Gasteiger partial charge in [0.25, 0.3) is 5.56 Å². The molecule has 0 saturated carbocycles. The quantitative estimate of drug-likeness (QED) is 0.290. The van der Waals surface area contributed by atoms with Crippen molar-refractivity contribution in [1.82, 2.24) is 4.57 Å². The second-order valence-corrected chi connectivity index (χ2v) is 10.6. The van der Waals surface area contributed by atoms with Crippen LogP contribution in [0.5, 0.6) is 5.75 Å². The predicted octanol–water partition coefficient (Wildman–Crippen LogP) is 5.14. The maximum absolute atomic E-state index is 13.8. The maximum Gasteiger partial charge on any atom is 0.338 e. The second kappa shape index (κ2) is 10.6. The van der Waals surface area contributed by atoms with Crippen molar-refractivity contribution in [3.05, 3.63) is 107 Å². The zero-order valence-electron chi connectivity index (χ0n) is 21.3. The Morgan fingerprint density at radius 3 is 2.61 bits per heavy atom. The molecule has 0 unspecified atom stereocenters. The number of carbonyl (C=O) groups excluding carboxylic acids is 1. The second-order valence-electron chi connectivity index (χ2n) is 8.76. The average molecular weight is 593 g/mol. The first-order valence-electron chi connectivity index (χ1n) is 12.0. The van der Waals surface area contributed by atoms with Crippen molar-refractivity contribution in [2.45, 2.75) is 26.8 Å². The monoisotopic (exact) mass is 592 g/mol. The van der Waals surface area contributed by atoms with Gasteiger partial charge >= 0.3 is 5.97 Å². The van der Waals surface area contributed by atoms with Gasteiger partial charge in [0.15, 0.2) is 4.80 Å². The maximum atomic E-state index is 13.8. The molecule has 4 aromatic rings. The van der Waals surface area contributed by atoms with Crippen molar-refractivity contribution in [2.75, 3.05) is 13.7 Å². The van der Waals surface area contributed by atoms with Crippen molar-refractivity contribution < 1.29 is 18.7 Å². The number of ether oxygens (including phenoxy) is 2. The summed E-state index contributed by atoms with van der Waals surface area (Å²) in [5.41, 5.74) is 3.39. The van der Waals surface area contributed by atoms with Crippen LogP contribution in [0.2, 0.25) is 0 Å². The summed E-state index contributed by atoms with van der Waals surface area (Å²) in [6, 6.07) is 16.3. The van der Waals surface area contributed by atoms with Gasteiger partial charge in [-0.05, 0) is 68.3 Å². The number of thiazole rings is 1. The smallest absolute Gasteiger partial charge is 0.338 e. The van der Waals surface area contributed by atoms with Crippen LogP contribution in [-0.2, 0) is 9.53 Å². The van der Waals surface area contributed by atoms with Crippen LogP contribution in [0.1, 0.15) is 36.8 Å². The van der Waals surface area contributed by atoms with Crippen molar-refractivity contribution in [3.63, 3.8) is 0 Å². The molecule has 3 heterocycles. The van der Waals surface area contributed by atoms with E-state index in [2.05, 4.69) is 20.9 Å². The number of aromatic nitrogens is 1. The number of fused-ring (bicyclic) bond motifs is 1. The summed E-state index contributed by atoms with van der Waals surface area (Å²) in [6.45, 7) is 5.75. The van der Waals surface area contributed by atoms with E-state index in [-0.39, 0.29) is 12.2 Å². The highest BCUT2D eigenvalue weighted by molar-refractivity contribution is 9.10. The summed E-state index contributed by atoms with van der Waals surface area (Å²) in [7, 11) is 1.59. The van der Waals surface area contributed by atoms with Crippen molar-refractivity contribution >= 4 is 39.3 Å². The molecule has 0 amide bonds. The molecule has 1 aliphatic rings. The Balaban J connectivity index is 1.63. The number of carbonyl (C=O) groups is 1. The molecule has 2 aromatic heterocycles. The molecule has 0 spiro atoms. The Bertz CT molecular complexity index is 1740. The normalized spacial score (nSPS) is 15.3. The van der Waals surface area contributed by atoms with Gasteiger partial charge in [0.1, 0.15) is 17.3 Å². The van der Waals surface area contributed by atoms with E-state index in [1.807, 2.05) is 49.4 Å². The molecule has 9 heteroatoms. The number of allylic oxidation sites excluding steroid dienone is 1. The molecule has 5 rings (SSSR count). The first kappa shape index (κ1) is 25.9. The van der Waals surface area contributed by atoms with Crippen LogP contribution in [0.25, 0.3) is 17.4 Å². The van der Waals surface area contributed by atoms with Crippen LogP contribution < -0.4 is 19.6 Å². The van der Waals surface area contributed by atoms with Gasteiger partial charge in [-0.15, -0.1) is 0 Å². The summed E-state index contributed by atoms with van der Waals surface area (Å²) < 4.78 is 19.6. The van der Waals surface area contributed by atoms with Gasteiger partial charge in [-0.3, -0.25) is 9.36 Å². The Hall–Kier alpha value is -3.69. The highest BCUT2D eigenvalue weighted by Crippen LogP contribution is 2.32. The van der Waals surface area contributed by atoms with Crippen LogP contribution in [-0.4, -0.2) is 24.3 Å². The number of hydrogen-bond acceptors (Lipinski definition) is 7. The van der Waals surface area contributed by atoms with Gasteiger partial charge in [0, 0.05) is 16.1 Å². The Kier molecular flexibility index (Phi) is 7.23. The minimum Gasteiger partial charge on any atom is -0.497 e. The van der Waals surface area contributed by atoms with Crippen LogP contribution in [0.3, 0.4) is 0 Å². The van der Waals surface area contributed by atoms with Gasteiger partial charge < -0.3 is 13.9 Å². The number of halogens is 1. The zero-order chi connectivity index (χ0) is 27.0. The molecule has 2 aromatic carbocycles. The molecular formula is C29H25BrN2O5S. The largest absolute Gasteiger partial charge is 0.497 e. The van der Waals surface area contributed by atoms with Gasteiger partial charge in [-0.1, -0.05) is 45.5 Å². The van der Waals surface area contributed by atoms with Gasteiger partial charge in [-0.25, -0.2) is 9.79 Å². The highest BCUT2D eigenvalue weighted by atomic mass is 79.9. The zero-order valence-corrected chi connectivity index (χ0v) is 23.7. The topological polar surface area (TPSA) is 83.0 Å². The molecule has 1 atom stereocenters. The first-order chi connectivity index (χ1) is 18.3. The summed E-state index contributed by atoms with van der Waals surface area (Å²) >= 11 is 4.85. The Labute approximate surface area is 231 Å². The van der Waals surface area contributed by atoms with Gasteiger partial charge in [-0.2, -0.15) is 0 Å². The highest BCUT2D eigenvalue weighted by Gasteiger charge is 2.33. The van der Waals surface area contributed by atoms with E-state index in [1.165, 1.54) is 11.3 Å². The van der Waals surface area contributed by atoms with Crippen LogP contribution in [0.4, 0.5) is 0 Å². The third kappa shape index (κ3) is 4.79. The third-order valence-electron chi connectivity index (χ3n) is 6.24. The van der Waals surface area contributed by atoms with E-state index in [0.29, 0.717) is 37.9 Å². The number of furan rings is 1. The molecule has 0 bridgehead atoms. The molecule has 7 nitrogen and oxygen atoms in total. The number of benzene rings is 2. The number of methoxy groups -OCH3 is 1. The Morgan fingerprint density at radius 2 is 1.92 bits per heavy atom. The molecule has 194 valence electrons. The number of nitrogens with zero attached hydrogens (tertiary/aromatic N) is 2. The molecular weight excluding hydrogens is 568 g/mol. The van der Waals surface area contributed by atoms with Gasteiger partial charge in [0.05, 0.1) is 35.6 Å². The lowest BCUT2D eigenvalue weighted by Gasteiger charge is -2.24. The summed E-state index contributed by atoms with van der Waals surface area (Å²) in [4.78, 5) is 31.9. The fourth-order valence-electron chi connectivity index (χ4n) is 4.42. The van der Waals surface area contributed by atoms with E-state index in [1.54, 1.807) is 43.7 Å². The fourth-order valence-corrected chi connectivity index (χ4v) is 6.13. The van der Waals surface area contributed by atoms with E-state index in [0.717, 1.165) is 21.2 Å². The number of aryl methyl sites for hydroxylation is 1. The molecule has 0 radical (unpaired) electrons. The lowest BCUT2D eigenvalue weighted by Crippen LogP contribution is -2.39. The molecule has 38 heavy (non-hydrogen) atoms. The van der Waals surface area contributed by atoms with Crippen LogP contribution in [0.15, 0.2) is 84.5 Å². The average Bonchev–Trinajstić information content (AvgIpc) is 3.47. The van der Waals surface area contributed by atoms with Gasteiger partial charge in [0.2, 0.25) is 0 Å². The summed E-state index contributed by atoms with van der Waals surface area (Å²) in [5, 5.41) is 0. The van der Waals surface area contributed by atoms with Crippen molar-refractivity contribution in [1.29, 1.82) is 0 Å². The molecule has 0 aliphatic carbocycles. The number of rotatable bonds is 6. The molecule has 0 fully saturated rings. The molecule has 0 saturated heterocycles. The summed E-state index contributed by atoms with van der Waals surface area (Å²) in [6.07, 6.45) is 1.71. The van der Waals surface area contributed by atoms with E-state index >= 15 is 0 Å². The molecule has 0 N–H and O–H groups in total. The van der Waals surface area contributed by atoms with E-state index in [4.69, 9.17) is 13.9 Å². The van der Waals surface area contributed by atoms with E-state index < -0.39 is 12.0 Å². The van der Waals surface area contributed by atoms with Crippen LogP contribution in [0, 0.1) is 6.92 Å². The lowest BCUT2D eigenvalue weighted by atomic mass is 9.96. The van der Waals surface area contributed by atoms with Crippen molar-refractivity contribution in [3.8, 4) is 17.1 Å². The predicted molar refractivity (Wildman–Crippen MR) is 150 cm³/mol. The molecule has 1 aliphatic heterocycles. The minimum absolute atomic E-state index is 0.216. The SMILES string of the molecule is CCOC(=O)C1=C(C)N=c2s/c(=C/c3ccc(-c4ccc(C)cc4Br)o3)c(=O)n2[C@@H]1c1ccc(OC)cc1. The number of esters is 1. The third-order valence-corrected chi connectivity index (χ3v) is 7.88.